The lowest BCUT2D eigenvalue weighted by atomic mass is 9.69. The monoisotopic (exact) mass is 681 g/mol. The minimum Gasteiger partial charge on any atom is -0.309 e. The Morgan fingerprint density at radius 2 is 0.852 bits per heavy atom. The number of hydrogen-bond acceptors (Lipinski definition) is 0. The summed E-state index contributed by atoms with van der Waals surface area (Å²) in [5, 5.41) is 5.30. The Labute approximate surface area is 313 Å². The summed E-state index contributed by atoms with van der Waals surface area (Å²) in [5.74, 6) is 0. The number of rotatable bonds is 2. The highest BCUT2D eigenvalue weighted by Gasteiger charge is 2.52. The van der Waals surface area contributed by atoms with Gasteiger partial charge in [0, 0.05) is 16.5 Å². The van der Waals surface area contributed by atoms with E-state index >= 15 is 0 Å². The number of hydrogen-bond donors (Lipinski definition) is 0. The predicted molar refractivity (Wildman–Crippen MR) is 224 cm³/mol. The maximum absolute atomic E-state index is 2.56. The van der Waals surface area contributed by atoms with E-state index < -0.39 is 5.41 Å². The van der Waals surface area contributed by atoms with E-state index in [1.165, 1.54) is 116 Å². The van der Waals surface area contributed by atoms with Crippen molar-refractivity contribution < 1.29 is 0 Å². The maximum atomic E-state index is 2.56. The van der Waals surface area contributed by atoms with Gasteiger partial charge in [-0.25, -0.2) is 0 Å². The first-order valence-corrected chi connectivity index (χ1v) is 18.9. The molecule has 10 aromatic rings. The molecule has 1 aromatic heterocycles. The largest absolute Gasteiger partial charge is 0.309 e. The van der Waals surface area contributed by atoms with Gasteiger partial charge in [0.2, 0.25) is 0 Å². The molecule has 0 amide bonds. The molecule has 0 bridgehead atoms. The molecule has 0 radical (unpaired) electrons. The maximum Gasteiger partial charge on any atom is 0.0726 e. The van der Waals surface area contributed by atoms with Gasteiger partial charge in [-0.05, 0) is 125 Å². The summed E-state index contributed by atoms with van der Waals surface area (Å²) in [6.45, 7) is 0. The van der Waals surface area contributed by atoms with E-state index in [0.29, 0.717) is 0 Å². The van der Waals surface area contributed by atoms with Gasteiger partial charge in [0.05, 0.1) is 16.4 Å². The Bertz CT molecular complexity index is 3210. The molecule has 13 rings (SSSR count). The van der Waals surface area contributed by atoms with Crippen LogP contribution in [0.15, 0.2) is 188 Å². The zero-order valence-corrected chi connectivity index (χ0v) is 29.3. The highest BCUT2D eigenvalue weighted by atomic mass is 15.0. The van der Waals surface area contributed by atoms with Gasteiger partial charge in [0.25, 0.3) is 0 Å². The van der Waals surface area contributed by atoms with Crippen LogP contribution in [0.3, 0.4) is 0 Å². The van der Waals surface area contributed by atoms with E-state index in [2.05, 4.69) is 193 Å². The summed E-state index contributed by atoms with van der Waals surface area (Å²) < 4.78 is 2.40. The minimum absolute atomic E-state index is 0.436. The third-order valence-corrected chi connectivity index (χ3v) is 12.8. The first-order valence-electron chi connectivity index (χ1n) is 18.9. The molecular weight excluding hydrogens is 651 g/mol. The lowest BCUT2D eigenvalue weighted by molar-refractivity contribution is 0.795. The van der Waals surface area contributed by atoms with Crippen LogP contribution in [0.25, 0.3) is 93.9 Å². The third-order valence-electron chi connectivity index (χ3n) is 12.8. The van der Waals surface area contributed by atoms with Crippen LogP contribution in [0.2, 0.25) is 0 Å². The smallest absolute Gasteiger partial charge is 0.0726 e. The van der Waals surface area contributed by atoms with E-state index in [-0.39, 0.29) is 0 Å². The second kappa shape index (κ2) is 10.1. The van der Waals surface area contributed by atoms with Crippen LogP contribution >= 0.6 is 0 Å². The van der Waals surface area contributed by atoms with Gasteiger partial charge in [-0.3, -0.25) is 0 Å². The van der Waals surface area contributed by atoms with Crippen LogP contribution in [-0.2, 0) is 5.41 Å². The Morgan fingerprint density at radius 1 is 0.315 bits per heavy atom. The number of benzene rings is 9. The fraction of sp³-hybridized carbons (Fsp3) is 0.0189. The van der Waals surface area contributed by atoms with Crippen LogP contribution < -0.4 is 0 Å². The molecule has 0 saturated heterocycles. The quantitative estimate of drug-likeness (QED) is 0.171. The molecule has 3 aliphatic carbocycles. The van der Waals surface area contributed by atoms with Crippen molar-refractivity contribution in [2.24, 2.45) is 0 Å². The number of aromatic nitrogens is 1. The first kappa shape index (κ1) is 28.6. The summed E-state index contributed by atoms with van der Waals surface area (Å²) in [7, 11) is 0. The topological polar surface area (TPSA) is 4.93 Å². The molecular formula is C53H31N. The van der Waals surface area contributed by atoms with Crippen molar-refractivity contribution in [3.8, 4) is 61.3 Å². The molecule has 248 valence electrons. The average Bonchev–Trinajstić information content (AvgIpc) is 3.94. The lowest BCUT2D eigenvalue weighted by Gasteiger charge is -2.31. The zero-order chi connectivity index (χ0) is 35.1. The Kier molecular flexibility index (Phi) is 5.36. The van der Waals surface area contributed by atoms with Gasteiger partial charge < -0.3 is 4.57 Å². The van der Waals surface area contributed by atoms with Crippen molar-refractivity contribution in [1.82, 2.24) is 4.57 Å². The normalized spacial score (nSPS) is 15.5. The van der Waals surface area contributed by atoms with E-state index in [4.69, 9.17) is 0 Å². The van der Waals surface area contributed by atoms with Gasteiger partial charge in [0.1, 0.15) is 0 Å². The highest BCUT2D eigenvalue weighted by Crippen LogP contribution is 2.66. The molecule has 54 heavy (non-hydrogen) atoms. The molecule has 1 spiro atoms. The van der Waals surface area contributed by atoms with Gasteiger partial charge in [-0.15, -0.1) is 0 Å². The summed E-state index contributed by atoms with van der Waals surface area (Å²) in [6, 6.07) is 70.7. The molecule has 1 unspecified atom stereocenters. The molecule has 1 nitrogen and oxygen atoms in total. The molecule has 0 saturated carbocycles. The number of para-hydroxylation sites is 2. The summed E-state index contributed by atoms with van der Waals surface area (Å²) in [6.07, 6.45) is 0. The van der Waals surface area contributed by atoms with Crippen LogP contribution in [0.5, 0.6) is 0 Å². The molecule has 3 aliphatic rings. The third kappa shape index (κ3) is 3.37. The van der Waals surface area contributed by atoms with E-state index in [1.54, 1.807) is 0 Å². The van der Waals surface area contributed by atoms with Gasteiger partial charge in [0.15, 0.2) is 0 Å². The molecule has 0 aliphatic heterocycles. The second-order valence-corrected chi connectivity index (χ2v) is 15.1. The molecule has 0 N–H and O–H groups in total. The number of nitrogens with zero attached hydrogens (tertiary/aromatic N) is 1. The van der Waals surface area contributed by atoms with Gasteiger partial charge >= 0.3 is 0 Å². The van der Waals surface area contributed by atoms with E-state index in [9.17, 15) is 0 Å². The lowest BCUT2D eigenvalue weighted by Crippen LogP contribution is -2.26. The van der Waals surface area contributed by atoms with Gasteiger partial charge in [-0.1, -0.05) is 152 Å². The highest BCUT2D eigenvalue weighted by molar-refractivity contribution is 6.21. The zero-order valence-electron chi connectivity index (χ0n) is 29.3. The standard InChI is InChI=1S/C53H31N/c1-2-13-36-35(12-1)41-18-11-19-43-51(41)44(36)31-48-52(43)42-17-4-8-21-46(42)53(48)45-20-7-3-14-37(45)38-29-26-33(30-47(38)53)32-24-27-34(28-25-32)54-49-22-9-5-15-39(49)40-16-6-10-23-50(40)54/h1-31H. The van der Waals surface area contributed by atoms with Gasteiger partial charge in [-0.2, -0.15) is 0 Å². The van der Waals surface area contributed by atoms with E-state index in [0.717, 1.165) is 0 Å². The van der Waals surface area contributed by atoms with Crippen molar-refractivity contribution in [3.63, 3.8) is 0 Å². The molecule has 1 heterocycles. The first-order chi connectivity index (χ1) is 26.8. The van der Waals surface area contributed by atoms with Crippen molar-refractivity contribution in [2.45, 2.75) is 5.41 Å². The molecule has 1 atom stereocenters. The fourth-order valence-corrected chi connectivity index (χ4v) is 10.7. The Morgan fingerprint density at radius 3 is 1.59 bits per heavy atom. The SMILES string of the molecule is c1ccc2c(c1)-c1cccc3c4c(cc-2c13)C1(c2ccccc2-c2ccc(-c3ccc(-n5c6ccccc6c6ccccc65)cc3)cc21)c1ccccc1-4. The van der Waals surface area contributed by atoms with Crippen LogP contribution in [0, 0.1) is 0 Å². The Balaban J connectivity index is 1.05. The summed E-state index contributed by atoms with van der Waals surface area (Å²) in [4.78, 5) is 0. The molecule has 1 heteroatoms. The number of fused-ring (bicyclic) bond motifs is 17. The molecule has 9 aromatic carbocycles. The van der Waals surface area contributed by atoms with Crippen LogP contribution in [-0.4, -0.2) is 4.57 Å². The van der Waals surface area contributed by atoms with Crippen molar-refractivity contribution >= 4 is 32.6 Å². The van der Waals surface area contributed by atoms with Crippen LogP contribution in [0.4, 0.5) is 0 Å². The summed E-state index contributed by atoms with van der Waals surface area (Å²) >= 11 is 0. The fourth-order valence-electron chi connectivity index (χ4n) is 10.7. The molecule has 0 fully saturated rings. The predicted octanol–water partition coefficient (Wildman–Crippen LogP) is 13.6. The van der Waals surface area contributed by atoms with Crippen molar-refractivity contribution in [3.05, 3.63) is 210 Å². The van der Waals surface area contributed by atoms with Crippen molar-refractivity contribution in [1.29, 1.82) is 0 Å². The minimum atomic E-state index is -0.436. The average molecular weight is 682 g/mol. The van der Waals surface area contributed by atoms with Crippen molar-refractivity contribution in [2.75, 3.05) is 0 Å². The summed E-state index contributed by atoms with van der Waals surface area (Å²) in [5.41, 5.74) is 21.9. The van der Waals surface area contributed by atoms with E-state index in [1.807, 2.05) is 0 Å². The second-order valence-electron chi connectivity index (χ2n) is 15.1. The Hall–Kier alpha value is -6.96. The van der Waals surface area contributed by atoms with Crippen LogP contribution in [0.1, 0.15) is 22.3 Å².